The molecule has 2 aromatic rings. The molecule has 0 fully saturated rings. The fourth-order valence-corrected chi connectivity index (χ4v) is 1.25. The molecule has 0 saturated heterocycles. The van der Waals surface area contributed by atoms with Gasteiger partial charge in [-0.15, -0.1) is 0 Å². The van der Waals surface area contributed by atoms with E-state index >= 15 is 0 Å². The number of rotatable bonds is 1. The lowest BCUT2D eigenvalue weighted by Gasteiger charge is -1.90. The van der Waals surface area contributed by atoms with E-state index in [4.69, 9.17) is 4.42 Å². The molecule has 0 radical (unpaired) electrons. The van der Waals surface area contributed by atoms with Gasteiger partial charge in [-0.05, 0) is 6.07 Å². The van der Waals surface area contributed by atoms with E-state index in [0.29, 0.717) is 5.89 Å². The highest BCUT2D eigenvalue weighted by Crippen LogP contribution is 2.19. The van der Waals surface area contributed by atoms with Crippen LogP contribution in [0.25, 0.3) is 17.2 Å². The van der Waals surface area contributed by atoms with Crippen LogP contribution in [0, 0.1) is 6.92 Å². The molecule has 1 aromatic carbocycles. The summed E-state index contributed by atoms with van der Waals surface area (Å²) in [5.41, 5.74) is 2.74. The maximum Gasteiger partial charge on any atom is 0.192 e. The number of hydrogen-bond acceptors (Lipinski definition) is 2. The second kappa shape index (κ2) is 2.48. The maximum atomic E-state index is 5.35. The highest BCUT2D eigenvalue weighted by molar-refractivity contribution is 5.82. The fraction of sp³-hybridized carbons (Fsp3) is 0.100. The molecule has 0 atom stereocenters. The molecule has 0 unspecified atom stereocenters. The Labute approximate surface area is 70.5 Å². The Bertz CT molecular complexity index is 428. The molecule has 0 saturated carbocycles. The average Bonchev–Trinajstić information content (AvgIpc) is 2.44. The van der Waals surface area contributed by atoms with Crippen molar-refractivity contribution in [2.24, 2.45) is 0 Å². The molecule has 0 N–H and O–H groups in total. The quantitative estimate of drug-likeness (QED) is 0.639. The minimum atomic E-state index is 0.694. The molecule has 2 heteroatoms. The van der Waals surface area contributed by atoms with Crippen LogP contribution < -0.4 is 0 Å². The zero-order chi connectivity index (χ0) is 8.55. The number of hydrogen-bond donors (Lipinski definition) is 0. The summed E-state index contributed by atoms with van der Waals surface area (Å²) in [4.78, 5) is 4.25. The van der Waals surface area contributed by atoms with Gasteiger partial charge in [0.25, 0.3) is 0 Å². The lowest BCUT2D eigenvalue weighted by atomic mass is 10.2. The SMILES string of the molecule is C=Cc1cccc2oc(C)nc12. The summed E-state index contributed by atoms with van der Waals surface area (Å²) in [6.07, 6.45) is 1.78. The van der Waals surface area contributed by atoms with E-state index in [0.717, 1.165) is 16.7 Å². The first kappa shape index (κ1) is 7.10. The normalized spacial score (nSPS) is 10.4. The van der Waals surface area contributed by atoms with Crippen LogP contribution in [0.1, 0.15) is 11.5 Å². The van der Waals surface area contributed by atoms with Crippen molar-refractivity contribution in [3.63, 3.8) is 0 Å². The van der Waals surface area contributed by atoms with Gasteiger partial charge in [-0.25, -0.2) is 4.98 Å². The molecule has 0 aliphatic rings. The molecule has 60 valence electrons. The summed E-state index contributed by atoms with van der Waals surface area (Å²) < 4.78 is 5.35. The van der Waals surface area contributed by atoms with Crippen LogP contribution >= 0.6 is 0 Å². The number of oxazole rings is 1. The van der Waals surface area contributed by atoms with Crippen molar-refractivity contribution in [3.8, 4) is 0 Å². The minimum Gasteiger partial charge on any atom is -0.441 e. The average molecular weight is 159 g/mol. The fourth-order valence-electron chi connectivity index (χ4n) is 1.25. The Morgan fingerprint density at radius 2 is 2.33 bits per heavy atom. The van der Waals surface area contributed by atoms with Crippen molar-refractivity contribution in [1.29, 1.82) is 0 Å². The van der Waals surface area contributed by atoms with Crippen LogP contribution in [-0.4, -0.2) is 4.98 Å². The molecular formula is C10H9NO. The summed E-state index contributed by atoms with van der Waals surface area (Å²) in [6, 6.07) is 5.81. The topological polar surface area (TPSA) is 26.0 Å². The first-order valence-corrected chi connectivity index (χ1v) is 3.80. The largest absolute Gasteiger partial charge is 0.441 e. The van der Waals surface area contributed by atoms with Gasteiger partial charge in [-0.3, -0.25) is 0 Å². The van der Waals surface area contributed by atoms with E-state index in [9.17, 15) is 0 Å². The van der Waals surface area contributed by atoms with Gasteiger partial charge in [-0.2, -0.15) is 0 Å². The van der Waals surface area contributed by atoms with Crippen LogP contribution in [0.3, 0.4) is 0 Å². The summed E-state index contributed by atoms with van der Waals surface area (Å²) in [7, 11) is 0. The molecule has 0 bridgehead atoms. The Morgan fingerprint density at radius 3 is 3.08 bits per heavy atom. The van der Waals surface area contributed by atoms with Crippen molar-refractivity contribution in [2.75, 3.05) is 0 Å². The molecule has 0 aliphatic carbocycles. The highest BCUT2D eigenvalue weighted by atomic mass is 16.3. The van der Waals surface area contributed by atoms with Crippen molar-refractivity contribution in [1.82, 2.24) is 4.98 Å². The van der Waals surface area contributed by atoms with E-state index in [1.54, 1.807) is 6.08 Å². The zero-order valence-electron chi connectivity index (χ0n) is 6.87. The Kier molecular flexibility index (Phi) is 1.47. The first-order chi connectivity index (χ1) is 5.81. The molecule has 1 aromatic heterocycles. The first-order valence-electron chi connectivity index (χ1n) is 3.80. The molecule has 0 aliphatic heterocycles. The predicted molar refractivity (Wildman–Crippen MR) is 48.8 cm³/mol. The van der Waals surface area contributed by atoms with Gasteiger partial charge in [0.2, 0.25) is 0 Å². The van der Waals surface area contributed by atoms with E-state index in [-0.39, 0.29) is 0 Å². The van der Waals surface area contributed by atoms with Crippen LogP contribution in [0.5, 0.6) is 0 Å². The molecular weight excluding hydrogens is 150 g/mol. The smallest absolute Gasteiger partial charge is 0.192 e. The number of aromatic nitrogens is 1. The standard InChI is InChI=1S/C10H9NO/c1-3-8-5-4-6-9-10(8)11-7(2)12-9/h3-6H,1H2,2H3. The minimum absolute atomic E-state index is 0.694. The van der Waals surface area contributed by atoms with Crippen molar-refractivity contribution in [2.45, 2.75) is 6.92 Å². The molecule has 2 rings (SSSR count). The van der Waals surface area contributed by atoms with Gasteiger partial charge in [-0.1, -0.05) is 24.8 Å². The Morgan fingerprint density at radius 1 is 1.50 bits per heavy atom. The van der Waals surface area contributed by atoms with Crippen LogP contribution in [0.2, 0.25) is 0 Å². The molecule has 0 spiro atoms. The van der Waals surface area contributed by atoms with E-state index in [2.05, 4.69) is 11.6 Å². The maximum absolute atomic E-state index is 5.35. The summed E-state index contributed by atoms with van der Waals surface area (Å²) in [6.45, 7) is 5.55. The molecule has 2 nitrogen and oxygen atoms in total. The van der Waals surface area contributed by atoms with E-state index in [1.165, 1.54) is 0 Å². The summed E-state index contributed by atoms with van der Waals surface area (Å²) in [5, 5.41) is 0. The molecule has 1 heterocycles. The van der Waals surface area contributed by atoms with E-state index < -0.39 is 0 Å². The van der Waals surface area contributed by atoms with Gasteiger partial charge in [0.1, 0.15) is 5.52 Å². The van der Waals surface area contributed by atoms with Crippen molar-refractivity contribution >= 4 is 17.2 Å². The van der Waals surface area contributed by atoms with Crippen LogP contribution in [0.4, 0.5) is 0 Å². The number of aryl methyl sites for hydroxylation is 1. The second-order valence-corrected chi connectivity index (χ2v) is 2.63. The van der Waals surface area contributed by atoms with Crippen molar-refractivity contribution < 1.29 is 4.42 Å². The van der Waals surface area contributed by atoms with Gasteiger partial charge in [0.05, 0.1) is 0 Å². The third-order valence-electron chi connectivity index (χ3n) is 1.78. The Balaban J connectivity index is 2.86. The molecule has 0 amide bonds. The van der Waals surface area contributed by atoms with Crippen LogP contribution in [0.15, 0.2) is 29.2 Å². The third kappa shape index (κ3) is 0.925. The van der Waals surface area contributed by atoms with Crippen molar-refractivity contribution in [3.05, 3.63) is 36.2 Å². The lowest BCUT2D eigenvalue weighted by molar-refractivity contribution is 0.561. The predicted octanol–water partition coefficient (Wildman–Crippen LogP) is 2.78. The number of benzene rings is 1. The molecule has 12 heavy (non-hydrogen) atoms. The second-order valence-electron chi connectivity index (χ2n) is 2.63. The highest BCUT2D eigenvalue weighted by Gasteiger charge is 2.03. The lowest BCUT2D eigenvalue weighted by Crippen LogP contribution is -1.74. The van der Waals surface area contributed by atoms with Crippen LogP contribution in [-0.2, 0) is 0 Å². The third-order valence-corrected chi connectivity index (χ3v) is 1.78. The summed E-state index contributed by atoms with van der Waals surface area (Å²) >= 11 is 0. The van der Waals surface area contributed by atoms with Gasteiger partial charge in [0.15, 0.2) is 11.5 Å². The van der Waals surface area contributed by atoms with E-state index in [1.807, 2.05) is 25.1 Å². The Hall–Kier alpha value is -1.57. The van der Waals surface area contributed by atoms with Gasteiger partial charge < -0.3 is 4.42 Å². The zero-order valence-corrected chi connectivity index (χ0v) is 6.87. The van der Waals surface area contributed by atoms with Gasteiger partial charge in [0, 0.05) is 12.5 Å². The number of para-hydroxylation sites is 1. The number of fused-ring (bicyclic) bond motifs is 1. The number of nitrogens with zero attached hydrogens (tertiary/aromatic N) is 1. The summed E-state index contributed by atoms with van der Waals surface area (Å²) in [5.74, 6) is 0.694. The monoisotopic (exact) mass is 159 g/mol. The van der Waals surface area contributed by atoms with Gasteiger partial charge >= 0.3 is 0 Å².